The fourth-order valence-corrected chi connectivity index (χ4v) is 2.85. The number of fused-ring (bicyclic) bond motifs is 1. The summed E-state index contributed by atoms with van der Waals surface area (Å²) in [7, 11) is 0. The molecule has 0 saturated carbocycles. The number of hydrazone groups is 1. The molecule has 0 N–H and O–H groups in total. The average Bonchev–Trinajstić information content (AvgIpc) is 3.26. The molecule has 2 aromatic rings. The molecule has 0 aromatic heterocycles. The number of halogens is 1. The van der Waals surface area contributed by atoms with Gasteiger partial charge in [0.05, 0.1) is 0 Å². The molecule has 0 bridgehead atoms. The third-order valence-electron chi connectivity index (χ3n) is 3.85. The minimum Gasteiger partial charge on any atom is -0.484 e. The lowest BCUT2D eigenvalue weighted by molar-refractivity contribution is -0.135. The Morgan fingerprint density at radius 3 is 2.92 bits per heavy atom. The van der Waals surface area contributed by atoms with Crippen molar-refractivity contribution in [2.24, 2.45) is 5.10 Å². The van der Waals surface area contributed by atoms with E-state index in [1.807, 2.05) is 6.07 Å². The van der Waals surface area contributed by atoms with E-state index in [9.17, 15) is 4.79 Å². The summed E-state index contributed by atoms with van der Waals surface area (Å²) in [6.07, 6.45) is -0.665. The Bertz CT molecular complexity index is 886. The molecule has 0 fully saturated rings. The third-order valence-corrected chi connectivity index (χ3v) is 4.09. The van der Waals surface area contributed by atoms with Gasteiger partial charge in [0.15, 0.2) is 18.1 Å². The number of ether oxygens (including phenoxy) is 4. The van der Waals surface area contributed by atoms with Crippen molar-refractivity contribution in [1.82, 2.24) is 5.01 Å². The lowest BCUT2D eigenvalue weighted by Gasteiger charge is -2.19. The Morgan fingerprint density at radius 1 is 1.27 bits per heavy atom. The highest BCUT2D eigenvalue weighted by atomic mass is 35.5. The molecule has 0 aliphatic carbocycles. The van der Waals surface area contributed by atoms with Crippen molar-refractivity contribution in [2.45, 2.75) is 13.2 Å². The number of rotatable bonds is 4. The maximum atomic E-state index is 11.9. The van der Waals surface area contributed by atoms with Crippen LogP contribution < -0.4 is 14.2 Å². The van der Waals surface area contributed by atoms with Gasteiger partial charge >= 0.3 is 0 Å². The van der Waals surface area contributed by atoms with Gasteiger partial charge in [-0.15, -0.1) is 5.10 Å². The molecule has 1 unspecified atom stereocenters. The molecule has 0 saturated heterocycles. The van der Waals surface area contributed by atoms with Crippen LogP contribution in [-0.4, -0.2) is 30.2 Å². The van der Waals surface area contributed by atoms with Crippen LogP contribution in [0.15, 0.2) is 47.6 Å². The number of amides is 1. The first-order valence-electron chi connectivity index (χ1n) is 7.92. The summed E-state index contributed by atoms with van der Waals surface area (Å²) in [5.74, 6) is 1.94. The van der Waals surface area contributed by atoms with Gasteiger partial charge in [-0.1, -0.05) is 23.7 Å². The standard InChI is InChI=1S/C18H15ClN2O5/c1-11(22)21-18(12-3-2-4-13(19)7-12)26-17(20-21)9-23-14-5-6-15-16(8-14)25-10-24-15/h2-8,18H,9-10H2,1H3. The molecule has 0 spiro atoms. The zero-order chi connectivity index (χ0) is 18.1. The largest absolute Gasteiger partial charge is 0.484 e. The van der Waals surface area contributed by atoms with Crippen molar-refractivity contribution in [3.05, 3.63) is 53.1 Å². The molecule has 4 rings (SSSR count). The van der Waals surface area contributed by atoms with E-state index in [-0.39, 0.29) is 19.3 Å². The first-order chi connectivity index (χ1) is 12.6. The van der Waals surface area contributed by atoms with Crippen molar-refractivity contribution in [3.8, 4) is 17.2 Å². The van der Waals surface area contributed by atoms with Crippen LogP contribution in [0.25, 0.3) is 0 Å². The van der Waals surface area contributed by atoms with E-state index in [1.54, 1.807) is 36.4 Å². The van der Waals surface area contributed by atoms with E-state index in [4.69, 9.17) is 30.5 Å². The zero-order valence-electron chi connectivity index (χ0n) is 13.8. The molecule has 2 aromatic carbocycles. The normalized spacial score (nSPS) is 17.7. The van der Waals surface area contributed by atoms with Crippen LogP contribution in [0.4, 0.5) is 0 Å². The fourth-order valence-electron chi connectivity index (χ4n) is 2.65. The zero-order valence-corrected chi connectivity index (χ0v) is 14.6. The maximum Gasteiger partial charge on any atom is 0.247 e. The van der Waals surface area contributed by atoms with Gasteiger partial charge in [-0.3, -0.25) is 4.79 Å². The monoisotopic (exact) mass is 374 g/mol. The third kappa shape index (κ3) is 3.25. The van der Waals surface area contributed by atoms with Crippen LogP contribution in [0.1, 0.15) is 18.7 Å². The van der Waals surface area contributed by atoms with Crippen molar-refractivity contribution in [3.63, 3.8) is 0 Å². The summed E-state index contributed by atoms with van der Waals surface area (Å²) in [5.41, 5.74) is 0.731. The summed E-state index contributed by atoms with van der Waals surface area (Å²) in [5, 5.41) is 6.04. The summed E-state index contributed by atoms with van der Waals surface area (Å²) in [6.45, 7) is 1.69. The highest BCUT2D eigenvalue weighted by molar-refractivity contribution is 6.30. The molecule has 1 amide bonds. The summed E-state index contributed by atoms with van der Waals surface area (Å²) in [4.78, 5) is 11.9. The lowest BCUT2D eigenvalue weighted by Crippen LogP contribution is -2.25. The summed E-state index contributed by atoms with van der Waals surface area (Å²) in [6, 6.07) is 12.4. The SMILES string of the molecule is CC(=O)N1N=C(COc2ccc3c(c2)OCO3)OC1c1cccc(Cl)c1. The second kappa shape index (κ2) is 6.76. The Balaban J connectivity index is 1.47. The number of carbonyl (C=O) groups excluding carboxylic acids is 1. The number of hydrogen-bond donors (Lipinski definition) is 0. The predicted octanol–water partition coefficient (Wildman–Crippen LogP) is 3.34. The molecule has 26 heavy (non-hydrogen) atoms. The smallest absolute Gasteiger partial charge is 0.247 e. The molecule has 8 heteroatoms. The van der Waals surface area contributed by atoms with E-state index in [2.05, 4.69) is 5.10 Å². The Morgan fingerprint density at radius 2 is 2.12 bits per heavy atom. The van der Waals surface area contributed by atoms with Gasteiger partial charge in [0, 0.05) is 23.6 Å². The van der Waals surface area contributed by atoms with Crippen molar-refractivity contribution in [2.75, 3.05) is 13.4 Å². The molecular weight excluding hydrogens is 360 g/mol. The van der Waals surface area contributed by atoms with Crippen LogP contribution >= 0.6 is 11.6 Å². The van der Waals surface area contributed by atoms with E-state index >= 15 is 0 Å². The minimum atomic E-state index is -0.665. The van der Waals surface area contributed by atoms with Crippen LogP contribution in [0, 0.1) is 0 Å². The van der Waals surface area contributed by atoms with Gasteiger partial charge in [-0.25, -0.2) is 0 Å². The Hall–Kier alpha value is -2.93. The van der Waals surface area contributed by atoms with Gasteiger partial charge in [-0.2, -0.15) is 5.01 Å². The summed E-state index contributed by atoms with van der Waals surface area (Å²) < 4.78 is 22.1. The Kier molecular flexibility index (Phi) is 4.30. The topological polar surface area (TPSA) is 69.6 Å². The van der Waals surface area contributed by atoms with Crippen LogP contribution in [-0.2, 0) is 9.53 Å². The van der Waals surface area contributed by atoms with Gasteiger partial charge < -0.3 is 18.9 Å². The molecule has 0 radical (unpaired) electrons. The second-order valence-corrected chi connectivity index (χ2v) is 6.12. The van der Waals surface area contributed by atoms with Gasteiger partial charge in [-0.05, 0) is 24.3 Å². The predicted molar refractivity (Wildman–Crippen MR) is 93.3 cm³/mol. The second-order valence-electron chi connectivity index (χ2n) is 5.69. The lowest BCUT2D eigenvalue weighted by atomic mass is 10.2. The summed E-state index contributed by atoms with van der Waals surface area (Å²) >= 11 is 6.03. The van der Waals surface area contributed by atoms with Gasteiger partial charge in [0.1, 0.15) is 5.75 Å². The van der Waals surface area contributed by atoms with E-state index < -0.39 is 6.23 Å². The molecule has 2 aliphatic heterocycles. The average molecular weight is 375 g/mol. The molecule has 2 heterocycles. The molecular formula is C18H15ClN2O5. The fraction of sp³-hybridized carbons (Fsp3) is 0.222. The van der Waals surface area contributed by atoms with E-state index in [0.717, 1.165) is 5.56 Å². The van der Waals surface area contributed by atoms with Crippen molar-refractivity contribution in [1.29, 1.82) is 0 Å². The van der Waals surface area contributed by atoms with Crippen molar-refractivity contribution < 1.29 is 23.7 Å². The number of benzene rings is 2. The highest BCUT2D eigenvalue weighted by Crippen LogP contribution is 2.35. The molecule has 2 aliphatic rings. The first kappa shape index (κ1) is 16.5. The molecule has 7 nitrogen and oxygen atoms in total. The minimum absolute atomic E-state index is 0.0699. The van der Waals surface area contributed by atoms with Gasteiger partial charge in [0.25, 0.3) is 0 Å². The quantitative estimate of drug-likeness (QED) is 0.821. The van der Waals surface area contributed by atoms with Gasteiger partial charge in [0.2, 0.25) is 24.8 Å². The number of hydrogen-bond acceptors (Lipinski definition) is 6. The Labute approximate surface area is 154 Å². The van der Waals surface area contributed by atoms with E-state index in [1.165, 1.54) is 11.9 Å². The highest BCUT2D eigenvalue weighted by Gasteiger charge is 2.32. The molecule has 1 atom stereocenters. The van der Waals surface area contributed by atoms with Crippen molar-refractivity contribution >= 4 is 23.4 Å². The number of carbonyl (C=O) groups is 1. The van der Waals surface area contributed by atoms with Crippen LogP contribution in [0.5, 0.6) is 17.2 Å². The van der Waals surface area contributed by atoms with E-state index in [0.29, 0.717) is 28.2 Å². The first-order valence-corrected chi connectivity index (χ1v) is 8.30. The molecule has 134 valence electrons. The van der Waals surface area contributed by atoms with Crippen LogP contribution in [0.2, 0.25) is 5.02 Å². The van der Waals surface area contributed by atoms with Crippen LogP contribution in [0.3, 0.4) is 0 Å². The maximum absolute atomic E-state index is 11.9. The number of nitrogens with zero attached hydrogens (tertiary/aromatic N) is 2.